The Morgan fingerprint density at radius 1 is 1.07 bits per heavy atom. The van der Waals surface area contributed by atoms with Crippen LogP contribution < -0.4 is 0 Å². The molecule has 0 N–H and O–H groups in total. The minimum absolute atomic E-state index is 0.371. The highest BCUT2D eigenvalue weighted by atomic mass is 28.5. The highest BCUT2D eigenvalue weighted by Gasteiger charge is 2.35. The van der Waals surface area contributed by atoms with Gasteiger partial charge < -0.3 is 17.4 Å². The molecule has 0 aliphatic rings. The van der Waals surface area contributed by atoms with Gasteiger partial charge in [-0.05, 0) is 26.2 Å². The minimum atomic E-state index is -2.06. The molecule has 0 bridgehead atoms. The fraction of sp³-hybridized carbons (Fsp3) is 1.00. The van der Waals surface area contributed by atoms with Crippen LogP contribution in [0.4, 0.5) is 0 Å². The lowest BCUT2D eigenvalue weighted by atomic mass is 11.6. The molecule has 14 heavy (non-hydrogen) atoms. The normalized spacial score (nSPS) is 14.1. The monoisotopic (exact) mass is 254 g/mol. The van der Waals surface area contributed by atoms with Gasteiger partial charge in [0.2, 0.25) is 0 Å². The molecule has 86 valence electrons. The predicted octanol–water partition coefficient (Wildman–Crippen LogP) is 1.18. The molecule has 0 spiro atoms. The van der Waals surface area contributed by atoms with E-state index in [4.69, 9.17) is 17.4 Å². The second-order valence-corrected chi connectivity index (χ2v) is 12.0. The molecule has 0 radical (unpaired) electrons. The highest BCUT2D eigenvalue weighted by Crippen LogP contribution is 2.15. The fourth-order valence-electron chi connectivity index (χ4n) is 0.930. The maximum Gasteiger partial charge on any atom is 0.324 e. The van der Waals surface area contributed by atoms with Gasteiger partial charge in [0.05, 0.1) is 0 Å². The SMILES string of the molecule is CO[Si](C)(C)O[Si](C)(C)OCO[SiH2]C. The molecule has 0 aromatic carbocycles. The zero-order valence-corrected chi connectivity index (χ0v) is 13.5. The average Bonchev–Trinajstić information content (AvgIpc) is 2.03. The Hall–Kier alpha value is 0.491. The molecule has 0 aliphatic heterocycles. The molecule has 0 unspecified atom stereocenters. The summed E-state index contributed by atoms with van der Waals surface area (Å²) in [5.74, 6) is 0. The van der Waals surface area contributed by atoms with Crippen molar-refractivity contribution in [1.29, 1.82) is 0 Å². The van der Waals surface area contributed by atoms with Crippen molar-refractivity contribution in [3.8, 4) is 0 Å². The zero-order chi connectivity index (χ0) is 11.2. The van der Waals surface area contributed by atoms with E-state index in [0.29, 0.717) is 6.79 Å². The number of hydrogen-bond donors (Lipinski definition) is 0. The third-order valence-corrected chi connectivity index (χ3v) is 7.98. The van der Waals surface area contributed by atoms with Crippen molar-refractivity contribution in [1.82, 2.24) is 0 Å². The summed E-state index contributed by atoms with van der Waals surface area (Å²) in [6, 6.07) is 0. The van der Waals surface area contributed by atoms with Gasteiger partial charge in [0.1, 0.15) is 6.79 Å². The Morgan fingerprint density at radius 3 is 2.07 bits per heavy atom. The van der Waals surface area contributed by atoms with Gasteiger partial charge in [0.15, 0.2) is 9.76 Å². The molecule has 0 fully saturated rings. The maximum absolute atomic E-state index is 5.89. The average molecular weight is 255 g/mol. The Balaban J connectivity index is 3.93. The first kappa shape index (κ1) is 14.5. The van der Waals surface area contributed by atoms with Crippen LogP contribution in [-0.4, -0.2) is 40.8 Å². The van der Waals surface area contributed by atoms with Crippen LogP contribution in [0.5, 0.6) is 0 Å². The summed E-state index contributed by atoms with van der Waals surface area (Å²) in [4.78, 5) is 0. The van der Waals surface area contributed by atoms with Crippen molar-refractivity contribution in [3.05, 3.63) is 0 Å². The van der Waals surface area contributed by atoms with Gasteiger partial charge >= 0.3 is 17.1 Å². The van der Waals surface area contributed by atoms with Crippen LogP contribution in [0.15, 0.2) is 0 Å². The van der Waals surface area contributed by atoms with Crippen molar-refractivity contribution in [2.45, 2.75) is 32.7 Å². The summed E-state index contributed by atoms with van der Waals surface area (Å²) >= 11 is 0. The van der Waals surface area contributed by atoms with E-state index in [0.717, 1.165) is 0 Å². The standard InChI is InChI=1S/C7H22O4Si3/c1-8-13(3,4)11-14(5,6)10-7-9-12-2/h7,12H2,1-6H3. The van der Waals surface area contributed by atoms with E-state index in [9.17, 15) is 0 Å². The van der Waals surface area contributed by atoms with Crippen molar-refractivity contribution >= 4 is 26.9 Å². The molecule has 0 saturated heterocycles. The first-order chi connectivity index (χ1) is 6.33. The van der Waals surface area contributed by atoms with Gasteiger partial charge in [0, 0.05) is 7.11 Å². The van der Waals surface area contributed by atoms with E-state index >= 15 is 0 Å². The van der Waals surface area contributed by atoms with Crippen LogP contribution in [0, 0.1) is 0 Å². The Morgan fingerprint density at radius 2 is 1.64 bits per heavy atom. The van der Waals surface area contributed by atoms with Gasteiger partial charge in [-0.3, -0.25) is 0 Å². The largest absolute Gasteiger partial charge is 0.415 e. The Kier molecular flexibility index (Phi) is 6.37. The van der Waals surface area contributed by atoms with E-state index in [1.807, 2.05) is 26.2 Å². The molecule has 0 heterocycles. The fourth-order valence-corrected chi connectivity index (χ4v) is 7.02. The summed E-state index contributed by atoms with van der Waals surface area (Å²) < 4.78 is 22.1. The third-order valence-electron chi connectivity index (χ3n) is 1.68. The molecule has 0 atom stereocenters. The second kappa shape index (κ2) is 6.16. The molecule has 0 aromatic rings. The predicted molar refractivity (Wildman–Crippen MR) is 64.5 cm³/mol. The maximum atomic E-state index is 5.89. The van der Waals surface area contributed by atoms with E-state index in [-0.39, 0.29) is 9.76 Å². The molecular weight excluding hydrogens is 232 g/mol. The summed E-state index contributed by atoms with van der Waals surface area (Å²) in [6.07, 6.45) is 0. The molecule has 0 saturated carbocycles. The van der Waals surface area contributed by atoms with E-state index in [2.05, 4.69) is 6.55 Å². The summed E-state index contributed by atoms with van der Waals surface area (Å²) in [5.41, 5.74) is 0. The summed E-state index contributed by atoms with van der Waals surface area (Å²) in [7, 11) is -2.74. The van der Waals surface area contributed by atoms with E-state index in [1.54, 1.807) is 7.11 Å². The molecule has 4 nitrogen and oxygen atoms in total. The van der Waals surface area contributed by atoms with Gasteiger partial charge in [-0.2, -0.15) is 0 Å². The molecule has 0 rings (SSSR count). The molecule has 7 heteroatoms. The lowest BCUT2D eigenvalue weighted by Gasteiger charge is -2.31. The van der Waals surface area contributed by atoms with Crippen molar-refractivity contribution in [2.75, 3.05) is 13.9 Å². The van der Waals surface area contributed by atoms with Gasteiger partial charge in [0.25, 0.3) is 0 Å². The quantitative estimate of drug-likeness (QED) is 0.388. The third kappa shape index (κ3) is 6.87. The van der Waals surface area contributed by atoms with Crippen LogP contribution in [0.3, 0.4) is 0 Å². The smallest absolute Gasteiger partial charge is 0.324 e. The van der Waals surface area contributed by atoms with E-state index in [1.165, 1.54) is 0 Å². The minimum Gasteiger partial charge on any atom is -0.415 e. The number of rotatable bonds is 7. The van der Waals surface area contributed by atoms with Gasteiger partial charge in [-0.25, -0.2) is 0 Å². The van der Waals surface area contributed by atoms with E-state index < -0.39 is 17.1 Å². The second-order valence-electron chi connectivity index (χ2n) is 3.86. The van der Waals surface area contributed by atoms with Crippen molar-refractivity contribution in [2.24, 2.45) is 0 Å². The number of hydrogen-bond acceptors (Lipinski definition) is 4. The first-order valence-electron chi connectivity index (χ1n) is 4.80. The topological polar surface area (TPSA) is 36.9 Å². The van der Waals surface area contributed by atoms with Crippen molar-refractivity contribution in [3.63, 3.8) is 0 Å². The van der Waals surface area contributed by atoms with Crippen LogP contribution in [0.1, 0.15) is 0 Å². The van der Waals surface area contributed by atoms with Crippen LogP contribution in [0.25, 0.3) is 0 Å². The van der Waals surface area contributed by atoms with Gasteiger partial charge in [-0.15, -0.1) is 0 Å². The molecule has 0 aliphatic carbocycles. The van der Waals surface area contributed by atoms with Crippen LogP contribution >= 0.6 is 0 Å². The lowest BCUT2D eigenvalue weighted by molar-refractivity contribution is 0.0920. The summed E-state index contributed by atoms with van der Waals surface area (Å²) in [5, 5.41) is 0. The highest BCUT2D eigenvalue weighted by molar-refractivity contribution is 6.78. The summed E-state index contributed by atoms with van der Waals surface area (Å²) in [6.45, 7) is 10.5. The Labute approximate surface area is 91.3 Å². The molecule has 0 aromatic heterocycles. The van der Waals surface area contributed by atoms with Crippen LogP contribution in [0.2, 0.25) is 32.7 Å². The van der Waals surface area contributed by atoms with Crippen LogP contribution in [-0.2, 0) is 17.4 Å². The lowest BCUT2D eigenvalue weighted by Crippen LogP contribution is -2.48. The van der Waals surface area contributed by atoms with Gasteiger partial charge in [-0.1, -0.05) is 6.55 Å². The molecule has 0 amide bonds. The molecular formula is C7H22O4Si3. The Bertz CT molecular complexity index is 163. The first-order valence-corrected chi connectivity index (χ1v) is 12.4. The zero-order valence-electron chi connectivity index (χ0n) is 10.0. The van der Waals surface area contributed by atoms with Crippen molar-refractivity contribution < 1.29 is 17.4 Å².